The SMILES string of the molecule is Cc1ccc(C(F)(F)F)cc1NCC(=O)NCCC(C)C. The highest BCUT2D eigenvalue weighted by molar-refractivity contribution is 5.80. The molecule has 6 heteroatoms. The fraction of sp³-hybridized carbons (Fsp3) is 0.533. The second kappa shape index (κ2) is 7.33. The van der Waals surface area contributed by atoms with Crippen molar-refractivity contribution in [1.29, 1.82) is 0 Å². The maximum absolute atomic E-state index is 12.6. The Labute approximate surface area is 122 Å². The third-order valence-corrected chi connectivity index (χ3v) is 3.05. The molecule has 0 radical (unpaired) electrons. The van der Waals surface area contributed by atoms with Gasteiger partial charge in [-0.05, 0) is 37.0 Å². The highest BCUT2D eigenvalue weighted by atomic mass is 19.4. The predicted molar refractivity (Wildman–Crippen MR) is 77.1 cm³/mol. The molecule has 0 aliphatic heterocycles. The first-order chi connectivity index (χ1) is 9.70. The Balaban J connectivity index is 2.57. The Morgan fingerprint density at radius 3 is 2.52 bits per heavy atom. The van der Waals surface area contributed by atoms with Gasteiger partial charge in [-0.3, -0.25) is 4.79 Å². The molecule has 0 unspecified atom stereocenters. The second-order valence-electron chi connectivity index (χ2n) is 5.41. The molecule has 0 heterocycles. The normalized spacial score (nSPS) is 11.6. The standard InChI is InChI=1S/C15H21F3N2O/c1-10(2)6-7-19-14(21)9-20-13-8-12(15(16,17)18)5-4-11(13)3/h4-5,8,10,20H,6-7,9H2,1-3H3,(H,19,21). The summed E-state index contributed by atoms with van der Waals surface area (Å²) in [5.41, 5.74) is 0.262. The van der Waals surface area contributed by atoms with Gasteiger partial charge in [-0.15, -0.1) is 0 Å². The minimum absolute atomic E-state index is 0.0414. The largest absolute Gasteiger partial charge is 0.416 e. The van der Waals surface area contributed by atoms with Crippen LogP contribution < -0.4 is 10.6 Å². The molecule has 0 spiro atoms. The van der Waals surface area contributed by atoms with Crippen molar-refractivity contribution in [3.63, 3.8) is 0 Å². The number of halogens is 3. The maximum atomic E-state index is 12.6. The molecule has 2 N–H and O–H groups in total. The first kappa shape index (κ1) is 17.3. The van der Waals surface area contributed by atoms with Gasteiger partial charge >= 0.3 is 6.18 Å². The van der Waals surface area contributed by atoms with Gasteiger partial charge in [0.2, 0.25) is 5.91 Å². The number of anilines is 1. The summed E-state index contributed by atoms with van der Waals surface area (Å²) in [5.74, 6) is 0.261. The first-order valence-corrected chi connectivity index (χ1v) is 6.88. The molecule has 1 amide bonds. The summed E-state index contributed by atoms with van der Waals surface area (Å²) in [6.07, 6.45) is -3.52. The number of benzene rings is 1. The van der Waals surface area contributed by atoms with Crippen LogP contribution in [0, 0.1) is 12.8 Å². The van der Waals surface area contributed by atoms with E-state index in [-0.39, 0.29) is 12.5 Å². The van der Waals surface area contributed by atoms with Crippen molar-refractivity contribution >= 4 is 11.6 Å². The Morgan fingerprint density at radius 2 is 1.95 bits per heavy atom. The molecular formula is C15H21F3N2O. The van der Waals surface area contributed by atoms with Crippen molar-refractivity contribution in [2.75, 3.05) is 18.4 Å². The lowest BCUT2D eigenvalue weighted by atomic mass is 10.1. The summed E-state index contributed by atoms with van der Waals surface area (Å²) >= 11 is 0. The topological polar surface area (TPSA) is 41.1 Å². The number of hydrogen-bond donors (Lipinski definition) is 2. The van der Waals surface area contributed by atoms with Crippen LogP contribution in [0.2, 0.25) is 0 Å². The molecule has 0 saturated carbocycles. The van der Waals surface area contributed by atoms with Gasteiger partial charge in [-0.2, -0.15) is 13.2 Å². The molecule has 0 aliphatic carbocycles. The van der Waals surface area contributed by atoms with Gasteiger partial charge in [0.1, 0.15) is 0 Å². The highest BCUT2D eigenvalue weighted by Gasteiger charge is 2.30. The summed E-state index contributed by atoms with van der Waals surface area (Å²) in [6, 6.07) is 3.45. The van der Waals surface area contributed by atoms with Gasteiger partial charge in [-0.1, -0.05) is 19.9 Å². The van der Waals surface area contributed by atoms with Crippen LogP contribution in [-0.4, -0.2) is 19.0 Å². The number of carbonyl (C=O) groups is 1. The van der Waals surface area contributed by atoms with Gasteiger partial charge in [0.05, 0.1) is 12.1 Å². The number of amides is 1. The summed E-state index contributed by atoms with van der Waals surface area (Å²) in [7, 11) is 0. The lowest BCUT2D eigenvalue weighted by Gasteiger charge is -2.13. The number of alkyl halides is 3. The average Bonchev–Trinajstić information content (AvgIpc) is 2.36. The number of rotatable bonds is 6. The number of carbonyl (C=O) groups excluding carboxylic acids is 1. The number of hydrogen-bond acceptors (Lipinski definition) is 2. The van der Waals surface area contributed by atoms with E-state index in [2.05, 4.69) is 24.5 Å². The fourth-order valence-electron chi connectivity index (χ4n) is 1.73. The molecule has 0 aliphatic rings. The lowest BCUT2D eigenvalue weighted by molar-refractivity contribution is -0.137. The van der Waals surface area contributed by atoms with E-state index in [0.29, 0.717) is 23.7 Å². The van der Waals surface area contributed by atoms with Gasteiger partial charge in [0, 0.05) is 12.2 Å². The smallest absolute Gasteiger partial charge is 0.376 e. The van der Waals surface area contributed by atoms with Crippen molar-refractivity contribution in [3.05, 3.63) is 29.3 Å². The second-order valence-corrected chi connectivity index (χ2v) is 5.41. The summed E-state index contributed by atoms with van der Waals surface area (Å²) in [5, 5.41) is 5.48. The molecule has 118 valence electrons. The zero-order valence-corrected chi connectivity index (χ0v) is 12.5. The quantitative estimate of drug-likeness (QED) is 0.843. The summed E-state index contributed by atoms with van der Waals surface area (Å²) in [6.45, 7) is 6.33. The zero-order valence-electron chi connectivity index (χ0n) is 12.5. The molecule has 1 aromatic carbocycles. The fourth-order valence-corrected chi connectivity index (χ4v) is 1.73. The Kier molecular flexibility index (Phi) is 6.05. The Morgan fingerprint density at radius 1 is 1.29 bits per heavy atom. The lowest BCUT2D eigenvalue weighted by Crippen LogP contribution is -2.31. The molecule has 3 nitrogen and oxygen atoms in total. The van der Waals surface area contributed by atoms with Gasteiger partial charge < -0.3 is 10.6 Å². The molecule has 0 atom stereocenters. The van der Waals surface area contributed by atoms with Gasteiger partial charge in [0.15, 0.2) is 0 Å². The molecule has 0 bridgehead atoms. The van der Waals surface area contributed by atoms with E-state index in [1.165, 1.54) is 6.07 Å². The minimum Gasteiger partial charge on any atom is -0.376 e. The molecule has 21 heavy (non-hydrogen) atoms. The average molecular weight is 302 g/mol. The third-order valence-electron chi connectivity index (χ3n) is 3.05. The number of aryl methyl sites for hydroxylation is 1. The zero-order chi connectivity index (χ0) is 16.0. The van der Waals surface area contributed by atoms with Crippen LogP contribution in [0.1, 0.15) is 31.4 Å². The van der Waals surface area contributed by atoms with E-state index in [0.717, 1.165) is 18.6 Å². The summed E-state index contributed by atoms with van der Waals surface area (Å²) in [4.78, 5) is 11.6. The molecule has 1 rings (SSSR count). The summed E-state index contributed by atoms with van der Waals surface area (Å²) < 4.78 is 37.9. The van der Waals surface area contributed by atoms with E-state index < -0.39 is 11.7 Å². The van der Waals surface area contributed by atoms with E-state index >= 15 is 0 Å². The molecule has 0 fully saturated rings. The molecule has 1 aromatic rings. The molecule has 0 aromatic heterocycles. The van der Waals surface area contributed by atoms with Crippen molar-refractivity contribution in [1.82, 2.24) is 5.32 Å². The first-order valence-electron chi connectivity index (χ1n) is 6.88. The van der Waals surface area contributed by atoms with E-state index in [1.54, 1.807) is 6.92 Å². The van der Waals surface area contributed by atoms with Crippen molar-refractivity contribution in [3.8, 4) is 0 Å². The number of nitrogens with one attached hydrogen (secondary N) is 2. The van der Waals surface area contributed by atoms with Crippen LogP contribution in [0.3, 0.4) is 0 Å². The molecular weight excluding hydrogens is 281 g/mol. The van der Waals surface area contributed by atoms with Crippen LogP contribution in [0.5, 0.6) is 0 Å². The van der Waals surface area contributed by atoms with E-state index in [9.17, 15) is 18.0 Å². The van der Waals surface area contributed by atoms with Crippen molar-refractivity contribution in [2.45, 2.75) is 33.4 Å². The van der Waals surface area contributed by atoms with E-state index in [4.69, 9.17) is 0 Å². The maximum Gasteiger partial charge on any atom is 0.416 e. The van der Waals surface area contributed by atoms with Crippen LogP contribution >= 0.6 is 0 Å². The molecule has 0 saturated heterocycles. The van der Waals surface area contributed by atoms with Crippen LogP contribution in [0.15, 0.2) is 18.2 Å². The van der Waals surface area contributed by atoms with Gasteiger partial charge in [-0.25, -0.2) is 0 Å². The van der Waals surface area contributed by atoms with Crippen LogP contribution in [-0.2, 0) is 11.0 Å². The monoisotopic (exact) mass is 302 g/mol. The van der Waals surface area contributed by atoms with E-state index in [1.807, 2.05) is 0 Å². The van der Waals surface area contributed by atoms with Crippen LogP contribution in [0.25, 0.3) is 0 Å². The Bertz CT molecular complexity index is 484. The highest BCUT2D eigenvalue weighted by Crippen LogP contribution is 2.31. The van der Waals surface area contributed by atoms with Crippen molar-refractivity contribution in [2.24, 2.45) is 5.92 Å². The predicted octanol–water partition coefficient (Wildman–Crippen LogP) is 3.59. The Hall–Kier alpha value is -1.72. The minimum atomic E-state index is -4.39. The van der Waals surface area contributed by atoms with Crippen molar-refractivity contribution < 1.29 is 18.0 Å². The third kappa shape index (κ3) is 6.06. The van der Waals surface area contributed by atoms with Crippen LogP contribution in [0.4, 0.5) is 18.9 Å². The van der Waals surface area contributed by atoms with Gasteiger partial charge in [0.25, 0.3) is 0 Å².